The fraction of sp³-hybridized carbons (Fsp3) is 0.833. The highest BCUT2D eigenvalue weighted by Crippen LogP contribution is 1.97. The van der Waals surface area contributed by atoms with Crippen LogP contribution in [0.3, 0.4) is 0 Å². The van der Waals surface area contributed by atoms with Gasteiger partial charge in [-0.25, -0.2) is 4.79 Å². The van der Waals surface area contributed by atoms with Gasteiger partial charge in [0, 0.05) is 6.42 Å². The topological polar surface area (TPSA) is 53.9 Å². The van der Waals surface area contributed by atoms with Crippen molar-refractivity contribution in [1.29, 1.82) is 0 Å². The molecule has 0 aromatic heterocycles. The van der Waals surface area contributed by atoms with Crippen LogP contribution in [0.5, 0.6) is 0 Å². The van der Waals surface area contributed by atoms with Crippen molar-refractivity contribution < 1.29 is 27.7 Å². The number of quaternary nitrogens is 1. The number of methoxy groups -OCH3 is 1. The van der Waals surface area contributed by atoms with Gasteiger partial charge in [0.1, 0.15) is 0 Å². The molecule has 0 rings (SSSR count). The van der Waals surface area contributed by atoms with Gasteiger partial charge in [0.05, 0.1) is 7.11 Å². The first-order valence-electron chi connectivity index (χ1n) is 3.12. The third kappa shape index (κ3) is 6.47. The Bertz CT molecular complexity index is 113. The first-order chi connectivity index (χ1) is 4.72. The second kappa shape index (κ2) is 8.17. The quantitative estimate of drug-likeness (QED) is 0.479. The van der Waals surface area contributed by atoms with Crippen LogP contribution in [0.1, 0.15) is 6.42 Å². The van der Waals surface area contributed by atoms with Crippen LogP contribution in [-0.2, 0) is 9.53 Å². The van der Waals surface area contributed by atoms with E-state index in [9.17, 15) is 4.79 Å². The summed E-state index contributed by atoms with van der Waals surface area (Å²) in [5.41, 5.74) is 3.66. The van der Waals surface area contributed by atoms with Gasteiger partial charge in [0.15, 0.2) is 6.04 Å². The molecule has 0 spiro atoms. The molecule has 1 unspecified atom stereocenters. The molecule has 0 aliphatic rings. The normalized spacial score (nSPS) is 11.5. The van der Waals surface area contributed by atoms with Gasteiger partial charge in [-0.1, -0.05) is 0 Å². The van der Waals surface area contributed by atoms with E-state index in [0.29, 0.717) is 0 Å². The Morgan fingerprint density at radius 1 is 1.73 bits per heavy atom. The molecule has 3 nitrogen and oxygen atoms in total. The van der Waals surface area contributed by atoms with Crippen molar-refractivity contribution in [3.8, 4) is 0 Å². The van der Waals surface area contributed by atoms with Gasteiger partial charge >= 0.3 is 5.97 Å². The van der Waals surface area contributed by atoms with Crippen molar-refractivity contribution in [2.75, 3.05) is 19.1 Å². The van der Waals surface area contributed by atoms with Crippen molar-refractivity contribution >= 4 is 17.7 Å². The second-order valence-electron chi connectivity index (χ2n) is 2.00. The molecule has 3 N–H and O–H groups in total. The number of hydrogen-bond acceptors (Lipinski definition) is 3. The highest BCUT2D eigenvalue weighted by Gasteiger charge is 2.15. The number of hydrogen-bond donors (Lipinski definition) is 1. The van der Waals surface area contributed by atoms with E-state index in [1.165, 1.54) is 7.11 Å². The van der Waals surface area contributed by atoms with E-state index in [1.54, 1.807) is 11.8 Å². The summed E-state index contributed by atoms with van der Waals surface area (Å²) in [6.45, 7) is 0. The summed E-state index contributed by atoms with van der Waals surface area (Å²) >= 11 is 1.71. The highest BCUT2D eigenvalue weighted by molar-refractivity contribution is 7.98. The maximum absolute atomic E-state index is 10.7. The molecule has 0 radical (unpaired) electrons. The minimum atomic E-state index is -0.214. The summed E-state index contributed by atoms with van der Waals surface area (Å²) in [6, 6.07) is -0.197. The Balaban J connectivity index is 0. The summed E-state index contributed by atoms with van der Waals surface area (Å²) in [5.74, 6) is 0.748. The zero-order valence-electron chi connectivity index (χ0n) is 6.80. The molecule has 0 saturated carbocycles. The smallest absolute Gasteiger partial charge is 0.364 e. The van der Waals surface area contributed by atoms with Crippen molar-refractivity contribution in [1.82, 2.24) is 0 Å². The maximum Gasteiger partial charge on any atom is 0.364 e. The van der Waals surface area contributed by atoms with Crippen LogP contribution >= 0.6 is 11.8 Å². The van der Waals surface area contributed by atoms with Crippen molar-refractivity contribution in [3.63, 3.8) is 0 Å². The molecule has 0 aliphatic heterocycles. The van der Waals surface area contributed by atoms with E-state index < -0.39 is 0 Å². The number of esters is 1. The molecule has 0 saturated heterocycles. The molecule has 0 aromatic rings. The Hall–Kier alpha value is 0.0700. The molecule has 0 heterocycles. The number of rotatable bonds is 4. The molecule has 0 amide bonds. The molecule has 1 atom stereocenters. The lowest BCUT2D eigenvalue weighted by molar-refractivity contribution is -0.408. The Labute approximate surface area is 77.5 Å². The van der Waals surface area contributed by atoms with E-state index in [2.05, 4.69) is 10.5 Å². The number of carbonyl (C=O) groups is 1. The number of thioether (sulfide) groups is 1. The van der Waals surface area contributed by atoms with Crippen LogP contribution in [0.25, 0.3) is 0 Å². The fourth-order valence-corrected chi connectivity index (χ4v) is 1.06. The molecule has 0 aliphatic carbocycles. The van der Waals surface area contributed by atoms with E-state index in [-0.39, 0.29) is 24.4 Å². The average molecular weight is 200 g/mol. The van der Waals surface area contributed by atoms with Crippen LogP contribution in [0.4, 0.5) is 0 Å². The SMILES string of the molecule is COC(=O)C([NH3+])CCSC.[Cl-]. The lowest BCUT2D eigenvalue weighted by Gasteiger charge is -2.03. The van der Waals surface area contributed by atoms with Gasteiger partial charge in [-0.3, -0.25) is 0 Å². The minimum Gasteiger partial charge on any atom is -1.00 e. The Kier molecular flexibility index (Phi) is 10.1. The largest absolute Gasteiger partial charge is 1.00 e. The summed E-state index contributed by atoms with van der Waals surface area (Å²) in [5, 5.41) is 0. The number of ether oxygens (including phenoxy) is 1. The molecule has 11 heavy (non-hydrogen) atoms. The maximum atomic E-state index is 10.7. The van der Waals surface area contributed by atoms with Crippen LogP contribution in [-0.4, -0.2) is 31.1 Å². The lowest BCUT2D eigenvalue weighted by Crippen LogP contribution is -3.00. The zero-order chi connectivity index (χ0) is 7.98. The second-order valence-corrected chi connectivity index (χ2v) is 2.99. The highest BCUT2D eigenvalue weighted by atomic mass is 35.5. The molecule has 5 heteroatoms. The Morgan fingerprint density at radius 3 is 2.64 bits per heavy atom. The van der Waals surface area contributed by atoms with Gasteiger partial charge in [-0.05, 0) is 12.0 Å². The van der Waals surface area contributed by atoms with E-state index >= 15 is 0 Å². The predicted molar refractivity (Wildman–Crippen MR) is 41.7 cm³/mol. The summed E-state index contributed by atoms with van der Waals surface area (Å²) in [4.78, 5) is 10.7. The van der Waals surface area contributed by atoms with E-state index in [1.807, 2.05) is 6.26 Å². The third-order valence-corrected chi connectivity index (χ3v) is 1.85. The molecular weight excluding hydrogens is 186 g/mol. The summed E-state index contributed by atoms with van der Waals surface area (Å²) < 4.78 is 4.50. The van der Waals surface area contributed by atoms with Gasteiger partial charge < -0.3 is 22.9 Å². The van der Waals surface area contributed by atoms with E-state index in [0.717, 1.165) is 12.2 Å². The molecule has 68 valence electrons. The van der Waals surface area contributed by atoms with Crippen molar-refractivity contribution in [3.05, 3.63) is 0 Å². The third-order valence-electron chi connectivity index (χ3n) is 1.20. The Morgan fingerprint density at radius 2 is 2.27 bits per heavy atom. The van der Waals surface area contributed by atoms with Gasteiger partial charge in [0.2, 0.25) is 0 Å². The first-order valence-corrected chi connectivity index (χ1v) is 4.51. The van der Waals surface area contributed by atoms with Crippen LogP contribution in [0.15, 0.2) is 0 Å². The van der Waals surface area contributed by atoms with E-state index in [4.69, 9.17) is 0 Å². The fourth-order valence-electron chi connectivity index (χ4n) is 0.545. The lowest BCUT2D eigenvalue weighted by atomic mass is 10.2. The predicted octanol–water partition coefficient (Wildman–Crippen LogP) is -3.47. The van der Waals surface area contributed by atoms with Crippen LogP contribution in [0, 0.1) is 0 Å². The van der Waals surface area contributed by atoms with Crippen molar-refractivity contribution in [2.24, 2.45) is 0 Å². The van der Waals surface area contributed by atoms with Crippen molar-refractivity contribution in [2.45, 2.75) is 12.5 Å². The first kappa shape index (κ1) is 13.6. The van der Waals surface area contributed by atoms with Gasteiger partial charge in [-0.2, -0.15) is 11.8 Å². The molecule has 0 bridgehead atoms. The van der Waals surface area contributed by atoms with Crippen LogP contribution in [0.2, 0.25) is 0 Å². The standard InChI is InChI=1S/C6H13NO2S.ClH/c1-9-6(8)5(7)3-4-10-2;/h5H,3-4,7H2,1-2H3;1H. The molecule has 0 aromatic carbocycles. The van der Waals surface area contributed by atoms with Gasteiger partial charge in [0.25, 0.3) is 0 Å². The summed E-state index contributed by atoms with van der Waals surface area (Å²) in [6.07, 6.45) is 2.80. The molecule has 0 fully saturated rings. The molecular formula is C6H14ClNO2S. The zero-order valence-corrected chi connectivity index (χ0v) is 8.37. The average Bonchev–Trinajstić information content (AvgIpc) is 1.98. The number of carbonyl (C=O) groups excluding carboxylic acids is 1. The monoisotopic (exact) mass is 199 g/mol. The summed E-state index contributed by atoms with van der Waals surface area (Å²) in [7, 11) is 1.39. The minimum absolute atomic E-state index is 0. The number of halogens is 1. The van der Waals surface area contributed by atoms with Crippen LogP contribution < -0.4 is 18.1 Å². The van der Waals surface area contributed by atoms with Gasteiger partial charge in [-0.15, -0.1) is 0 Å².